The van der Waals surface area contributed by atoms with Gasteiger partial charge in [0.15, 0.2) is 0 Å². The Morgan fingerprint density at radius 2 is 1.38 bits per heavy atom. The first kappa shape index (κ1) is 21.1. The van der Waals surface area contributed by atoms with Crippen LogP contribution in [0.25, 0.3) is 0 Å². The van der Waals surface area contributed by atoms with Crippen molar-refractivity contribution >= 4 is 0 Å². The third-order valence-electron chi connectivity index (χ3n) is 5.70. The van der Waals surface area contributed by atoms with Gasteiger partial charge in [0, 0.05) is 6.84 Å². The van der Waals surface area contributed by atoms with Gasteiger partial charge in [-0.3, -0.25) is 4.98 Å². The summed E-state index contributed by atoms with van der Waals surface area (Å²) in [5.74, 6) is -0.324. The quantitative estimate of drug-likeness (QED) is 0.351. The molecule has 0 aliphatic carbocycles. The highest BCUT2D eigenvalue weighted by Gasteiger charge is 2.30. The highest BCUT2D eigenvalue weighted by Crippen LogP contribution is 2.35. The zero-order chi connectivity index (χ0) is 17.7. The van der Waals surface area contributed by atoms with Crippen LogP contribution in [0.5, 0.6) is 0 Å². The fraction of sp³-hybridized carbons (Fsp3) is 0.857. The summed E-state index contributed by atoms with van der Waals surface area (Å²) < 4.78 is 4.97. The normalized spacial score (nSPS) is 12.0. The number of H-pyrrole nitrogens is 1. The minimum atomic E-state index is -0.324. The van der Waals surface area contributed by atoms with Gasteiger partial charge < -0.3 is 4.42 Å². The number of aromatic nitrogens is 1. The van der Waals surface area contributed by atoms with Crippen LogP contribution in [0.4, 0.5) is 0 Å². The minimum Gasteiger partial charge on any atom is -0.416 e. The van der Waals surface area contributed by atoms with Crippen molar-refractivity contribution in [1.29, 1.82) is 0 Å². The van der Waals surface area contributed by atoms with Crippen molar-refractivity contribution in [2.24, 2.45) is 0 Å². The lowest BCUT2D eigenvalue weighted by atomic mass is 9.75. The highest BCUT2D eigenvalue weighted by molar-refractivity contribution is 5.11. The molecule has 0 fully saturated rings. The van der Waals surface area contributed by atoms with Gasteiger partial charge >= 0.3 is 5.76 Å². The predicted octanol–water partition coefficient (Wildman–Crippen LogP) is 6.97. The topological polar surface area (TPSA) is 46.0 Å². The number of rotatable bonds is 15. The molecule has 1 aromatic heterocycles. The van der Waals surface area contributed by atoms with Crippen molar-refractivity contribution < 1.29 is 5.84 Å². The number of nitrogens with one attached hydrogen (secondary N) is 1. The summed E-state index contributed by atoms with van der Waals surface area (Å²) in [7, 11) is 0. The van der Waals surface area contributed by atoms with E-state index in [-0.39, 0.29) is 12.6 Å². The van der Waals surface area contributed by atoms with Crippen LogP contribution >= 0.6 is 0 Å². The molecule has 0 saturated carbocycles. The Balaban J connectivity index is 0.00000576. The molecule has 0 atom stereocenters. The van der Waals surface area contributed by atoms with Crippen LogP contribution in [-0.2, 0) is 5.41 Å². The van der Waals surface area contributed by atoms with Crippen molar-refractivity contribution in [3.8, 4) is 0 Å². The van der Waals surface area contributed by atoms with Crippen molar-refractivity contribution in [2.75, 3.05) is 0 Å². The Labute approximate surface area is 150 Å². The smallest absolute Gasteiger partial charge is 0.416 e. The van der Waals surface area contributed by atoms with Crippen LogP contribution < -0.4 is 5.76 Å². The van der Waals surface area contributed by atoms with Crippen LogP contribution in [0.1, 0.15) is 118 Å². The molecule has 0 spiro atoms. The van der Waals surface area contributed by atoms with Gasteiger partial charge in [-0.2, -0.15) is 0 Å². The number of oxazole rings is 1. The molecule has 1 aromatic rings. The molecule has 1 N–H and O–H groups in total. The maximum Gasteiger partial charge on any atom is 0.416 e. The summed E-state index contributed by atoms with van der Waals surface area (Å²) in [5, 5.41) is 0. The average molecular weight is 340 g/mol. The molecule has 0 aromatic carbocycles. The molecule has 0 amide bonds. The Hall–Kier alpha value is -0.990. The summed E-state index contributed by atoms with van der Waals surface area (Å²) in [6, 6.07) is 0. The van der Waals surface area contributed by atoms with Crippen LogP contribution in [0.15, 0.2) is 15.5 Å². The minimum absolute atomic E-state index is 0. The van der Waals surface area contributed by atoms with E-state index in [1.807, 2.05) is 0 Å². The van der Waals surface area contributed by atoms with E-state index in [0.717, 1.165) is 25.0 Å². The molecule has 3 heteroatoms. The number of unbranched alkanes of at least 4 members (excludes halogenated alkanes) is 10. The molecule has 0 radical (unpaired) electrons. The number of hydrogen-bond acceptors (Lipinski definition) is 2. The van der Waals surface area contributed by atoms with E-state index in [1.54, 1.807) is 6.26 Å². The first-order valence-electron chi connectivity index (χ1n) is 10.4. The second-order valence-electron chi connectivity index (χ2n) is 7.33. The lowest BCUT2D eigenvalue weighted by molar-refractivity contribution is 0.338. The van der Waals surface area contributed by atoms with Crippen LogP contribution in [0.3, 0.4) is 0 Å². The first-order valence-corrected chi connectivity index (χ1v) is 10.4. The second-order valence-corrected chi connectivity index (χ2v) is 7.33. The maximum absolute atomic E-state index is 11.3. The van der Waals surface area contributed by atoms with Crippen LogP contribution in [0, 0.1) is 0 Å². The molecule has 0 aliphatic heterocycles. The molecule has 1 heterocycles. The second kappa shape index (κ2) is 12.4. The first-order chi connectivity index (χ1) is 11.7. The van der Waals surface area contributed by atoms with Gasteiger partial charge in [-0.25, -0.2) is 4.79 Å². The molecule has 0 unspecified atom stereocenters. The van der Waals surface area contributed by atoms with E-state index < -0.39 is 0 Å². The van der Waals surface area contributed by atoms with Gasteiger partial charge in [0.2, 0.25) is 0 Å². The molecular weight excluding hydrogens is 298 g/mol. The summed E-state index contributed by atoms with van der Waals surface area (Å²) in [6.07, 6.45) is 20.0. The third-order valence-corrected chi connectivity index (χ3v) is 5.70. The standard InChI is InChI=1S/C21H39NO2.H2/c1-4-7-8-9-10-11-12-13-14-15-16-17-21(5-2,6-3)19-18-24-20(23)22-19;/h18H,4-17H2,1-3H3,(H,22,23);1H. The van der Waals surface area contributed by atoms with E-state index in [2.05, 4.69) is 25.8 Å². The molecule has 24 heavy (non-hydrogen) atoms. The van der Waals surface area contributed by atoms with E-state index >= 15 is 0 Å². The van der Waals surface area contributed by atoms with E-state index in [0.29, 0.717) is 0 Å². The highest BCUT2D eigenvalue weighted by atomic mass is 16.4. The fourth-order valence-electron chi connectivity index (χ4n) is 3.79. The average Bonchev–Trinajstić information content (AvgIpc) is 3.03. The van der Waals surface area contributed by atoms with E-state index in [1.165, 1.54) is 70.6 Å². The van der Waals surface area contributed by atoms with Crippen molar-refractivity contribution in [3.63, 3.8) is 0 Å². The van der Waals surface area contributed by atoms with Gasteiger partial charge in [-0.1, -0.05) is 91.4 Å². The van der Waals surface area contributed by atoms with Gasteiger partial charge in [-0.15, -0.1) is 0 Å². The zero-order valence-electron chi connectivity index (χ0n) is 16.3. The lowest BCUT2D eigenvalue weighted by Crippen LogP contribution is -2.25. The Morgan fingerprint density at radius 3 is 1.79 bits per heavy atom. The monoisotopic (exact) mass is 339 g/mol. The van der Waals surface area contributed by atoms with Gasteiger partial charge in [0.05, 0.1) is 5.69 Å². The molecular formula is C21H41NO2. The molecule has 1 rings (SSSR count). The summed E-state index contributed by atoms with van der Waals surface area (Å²) in [5.41, 5.74) is 1.08. The Morgan fingerprint density at radius 1 is 0.875 bits per heavy atom. The zero-order valence-corrected chi connectivity index (χ0v) is 16.3. The molecule has 142 valence electrons. The molecule has 0 saturated heterocycles. The maximum atomic E-state index is 11.3. The third kappa shape index (κ3) is 7.27. The Bertz CT molecular complexity index is 462. The summed E-state index contributed by atoms with van der Waals surface area (Å²) >= 11 is 0. The predicted molar refractivity (Wildman–Crippen MR) is 105 cm³/mol. The summed E-state index contributed by atoms with van der Waals surface area (Å²) in [4.78, 5) is 14.2. The number of aromatic amines is 1. The van der Waals surface area contributed by atoms with Gasteiger partial charge in [-0.05, 0) is 19.3 Å². The molecule has 0 bridgehead atoms. The van der Waals surface area contributed by atoms with E-state index in [9.17, 15) is 4.79 Å². The number of hydrogen-bond donors (Lipinski definition) is 1. The molecule has 3 nitrogen and oxygen atoms in total. The van der Waals surface area contributed by atoms with Gasteiger partial charge in [0.1, 0.15) is 6.26 Å². The summed E-state index contributed by atoms with van der Waals surface area (Å²) in [6.45, 7) is 6.71. The Kier molecular flexibility index (Phi) is 10.9. The van der Waals surface area contributed by atoms with Crippen molar-refractivity contribution in [2.45, 2.75) is 116 Å². The van der Waals surface area contributed by atoms with Gasteiger partial charge in [0.25, 0.3) is 0 Å². The van der Waals surface area contributed by atoms with Crippen molar-refractivity contribution in [3.05, 3.63) is 22.5 Å². The van der Waals surface area contributed by atoms with E-state index in [4.69, 9.17) is 4.42 Å². The van der Waals surface area contributed by atoms with Crippen LogP contribution in [-0.4, -0.2) is 4.98 Å². The SMILES string of the molecule is CCCCCCCCCCCCCC(CC)(CC)c1coc(=O)[nH]1.[HH]. The molecule has 0 aliphatic rings. The lowest BCUT2D eigenvalue weighted by Gasteiger charge is -2.30. The van der Waals surface area contributed by atoms with Crippen molar-refractivity contribution in [1.82, 2.24) is 4.98 Å². The fourth-order valence-corrected chi connectivity index (χ4v) is 3.79. The largest absolute Gasteiger partial charge is 0.416 e. The van der Waals surface area contributed by atoms with Crippen LogP contribution in [0.2, 0.25) is 0 Å².